The molecule has 2 atom stereocenters. The van der Waals surface area contributed by atoms with E-state index < -0.39 is 17.9 Å². The minimum absolute atomic E-state index is 0.0223. The molecule has 7 nitrogen and oxygen atoms in total. The van der Waals surface area contributed by atoms with E-state index in [1.54, 1.807) is 7.11 Å². The Kier molecular flexibility index (Phi) is 5.50. The van der Waals surface area contributed by atoms with Gasteiger partial charge in [-0.2, -0.15) is 0 Å². The van der Waals surface area contributed by atoms with Crippen LogP contribution in [0.3, 0.4) is 0 Å². The Morgan fingerprint density at radius 1 is 1.30 bits per heavy atom. The molecule has 114 valence electrons. The summed E-state index contributed by atoms with van der Waals surface area (Å²) in [7, 11) is 1.63. The quantitative estimate of drug-likeness (QED) is 0.672. The third-order valence-electron chi connectivity index (χ3n) is 3.82. The molecule has 1 aliphatic carbocycles. The van der Waals surface area contributed by atoms with Gasteiger partial charge in [0.25, 0.3) is 0 Å². The van der Waals surface area contributed by atoms with Crippen LogP contribution in [0.1, 0.15) is 39.5 Å². The zero-order valence-electron chi connectivity index (χ0n) is 12.1. The van der Waals surface area contributed by atoms with Crippen molar-refractivity contribution >= 4 is 17.9 Å². The van der Waals surface area contributed by atoms with Gasteiger partial charge in [-0.3, -0.25) is 14.9 Å². The molecule has 1 rings (SSSR count). The Morgan fingerprint density at radius 3 is 2.45 bits per heavy atom. The van der Waals surface area contributed by atoms with Crippen LogP contribution in [-0.4, -0.2) is 42.3 Å². The molecule has 0 aromatic carbocycles. The second-order valence-corrected chi connectivity index (χ2v) is 5.60. The fourth-order valence-electron chi connectivity index (χ4n) is 2.31. The average molecular weight is 286 g/mol. The Morgan fingerprint density at radius 2 is 1.95 bits per heavy atom. The lowest BCUT2D eigenvalue weighted by Gasteiger charge is -2.51. The molecule has 0 aromatic heterocycles. The lowest BCUT2D eigenvalue weighted by atomic mass is 9.64. The van der Waals surface area contributed by atoms with E-state index in [1.165, 1.54) is 0 Å². The summed E-state index contributed by atoms with van der Waals surface area (Å²) in [5.41, 5.74) is -0.168. The fourth-order valence-corrected chi connectivity index (χ4v) is 2.31. The third kappa shape index (κ3) is 4.19. The predicted octanol–water partition coefficient (Wildman–Crippen LogP) is 0.881. The van der Waals surface area contributed by atoms with E-state index in [-0.39, 0.29) is 36.8 Å². The molecule has 0 bridgehead atoms. The van der Waals surface area contributed by atoms with Crippen molar-refractivity contribution in [1.29, 1.82) is 0 Å². The maximum atomic E-state index is 11.6. The Labute approximate surface area is 118 Å². The summed E-state index contributed by atoms with van der Waals surface area (Å²) >= 11 is 0. The van der Waals surface area contributed by atoms with Gasteiger partial charge in [0.15, 0.2) is 0 Å². The van der Waals surface area contributed by atoms with E-state index >= 15 is 0 Å². The number of carbonyl (C=O) groups is 3. The Hall–Kier alpha value is -1.63. The lowest BCUT2D eigenvalue weighted by Crippen LogP contribution is -2.63. The molecule has 1 fully saturated rings. The summed E-state index contributed by atoms with van der Waals surface area (Å²) < 4.78 is 5.28. The van der Waals surface area contributed by atoms with Gasteiger partial charge in [-0.15, -0.1) is 0 Å². The van der Waals surface area contributed by atoms with Crippen LogP contribution in [0.15, 0.2) is 0 Å². The number of carbonyl (C=O) groups excluding carboxylic acids is 2. The van der Waals surface area contributed by atoms with Crippen molar-refractivity contribution in [2.45, 2.75) is 51.7 Å². The number of rotatable bonds is 6. The number of nitrogens with one attached hydrogen (secondary N) is 2. The molecule has 0 radical (unpaired) electrons. The van der Waals surface area contributed by atoms with Gasteiger partial charge in [0.05, 0.1) is 6.10 Å². The first kappa shape index (κ1) is 16.4. The third-order valence-corrected chi connectivity index (χ3v) is 3.82. The molecule has 1 saturated carbocycles. The van der Waals surface area contributed by atoms with Crippen molar-refractivity contribution in [1.82, 2.24) is 10.6 Å². The average Bonchev–Trinajstić information content (AvgIpc) is 2.33. The number of carboxylic acids is 1. The predicted molar refractivity (Wildman–Crippen MR) is 71.1 cm³/mol. The van der Waals surface area contributed by atoms with E-state index in [4.69, 9.17) is 9.84 Å². The summed E-state index contributed by atoms with van der Waals surface area (Å²) in [6.45, 7) is 3.98. The van der Waals surface area contributed by atoms with Crippen molar-refractivity contribution in [3.63, 3.8) is 0 Å². The summed E-state index contributed by atoms with van der Waals surface area (Å²) in [4.78, 5) is 33.4. The number of ether oxygens (including phenoxy) is 1. The van der Waals surface area contributed by atoms with E-state index in [0.717, 1.165) is 0 Å². The first-order chi connectivity index (χ1) is 9.27. The van der Waals surface area contributed by atoms with Crippen LogP contribution in [0.25, 0.3) is 0 Å². The molecule has 0 aromatic rings. The van der Waals surface area contributed by atoms with Crippen LogP contribution in [0.2, 0.25) is 0 Å². The standard InChI is InChI=1S/C13H22N2O5/c1-13(2)8(7-9(13)20-3)14-12(19)15-10(16)5-4-6-11(17)18/h8-9H,4-7H2,1-3H3,(H,17,18)(H2,14,15,16,19). The summed E-state index contributed by atoms with van der Waals surface area (Å²) in [5.74, 6) is -1.42. The second kappa shape index (κ2) is 6.69. The van der Waals surface area contributed by atoms with Crippen LogP contribution in [0.4, 0.5) is 4.79 Å². The highest BCUT2D eigenvalue weighted by Gasteiger charge is 2.49. The minimum atomic E-state index is -0.955. The smallest absolute Gasteiger partial charge is 0.321 e. The first-order valence-electron chi connectivity index (χ1n) is 6.62. The van der Waals surface area contributed by atoms with Crippen molar-refractivity contribution in [2.75, 3.05) is 7.11 Å². The highest BCUT2D eigenvalue weighted by atomic mass is 16.5. The molecule has 3 amide bonds. The molecule has 7 heteroatoms. The second-order valence-electron chi connectivity index (χ2n) is 5.60. The number of imide groups is 1. The molecule has 3 N–H and O–H groups in total. The van der Waals surface area contributed by atoms with E-state index in [2.05, 4.69) is 10.6 Å². The molecular formula is C13H22N2O5. The van der Waals surface area contributed by atoms with E-state index in [9.17, 15) is 14.4 Å². The molecule has 20 heavy (non-hydrogen) atoms. The number of carboxylic acid groups (broad SMARTS) is 1. The van der Waals surface area contributed by atoms with Crippen molar-refractivity contribution < 1.29 is 24.2 Å². The van der Waals surface area contributed by atoms with Crippen molar-refractivity contribution in [2.24, 2.45) is 5.41 Å². The number of hydrogen-bond acceptors (Lipinski definition) is 4. The van der Waals surface area contributed by atoms with Gasteiger partial charge in [0, 0.05) is 31.4 Å². The fraction of sp³-hybridized carbons (Fsp3) is 0.769. The summed E-state index contributed by atoms with van der Waals surface area (Å²) in [6, 6.07) is -0.586. The van der Waals surface area contributed by atoms with Crippen LogP contribution < -0.4 is 10.6 Å². The largest absolute Gasteiger partial charge is 0.481 e. The van der Waals surface area contributed by atoms with Gasteiger partial charge in [-0.05, 0) is 12.8 Å². The van der Waals surface area contributed by atoms with Gasteiger partial charge in [-0.25, -0.2) is 4.79 Å². The lowest BCUT2D eigenvalue weighted by molar-refractivity contribution is -0.137. The maximum Gasteiger partial charge on any atom is 0.321 e. The SMILES string of the molecule is COC1CC(NC(=O)NC(=O)CCCC(=O)O)C1(C)C. The highest BCUT2D eigenvalue weighted by molar-refractivity contribution is 5.94. The monoisotopic (exact) mass is 286 g/mol. The molecule has 0 aliphatic heterocycles. The molecule has 0 heterocycles. The summed E-state index contributed by atoms with van der Waals surface area (Å²) in [5, 5.41) is 13.4. The minimum Gasteiger partial charge on any atom is -0.481 e. The van der Waals surface area contributed by atoms with E-state index in [0.29, 0.717) is 6.42 Å². The number of methoxy groups -OCH3 is 1. The summed E-state index contributed by atoms with van der Waals surface area (Å²) in [6.07, 6.45) is 0.965. The van der Waals surface area contributed by atoms with Crippen LogP contribution in [0, 0.1) is 5.41 Å². The van der Waals surface area contributed by atoms with Crippen molar-refractivity contribution in [3.8, 4) is 0 Å². The van der Waals surface area contributed by atoms with Gasteiger partial charge in [0.1, 0.15) is 0 Å². The van der Waals surface area contributed by atoms with Gasteiger partial charge in [0.2, 0.25) is 5.91 Å². The topological polar surface area (TPSA) is 105 Å². The Balaban J connectivity index is 2.27. The highest BCUT2D eigenvalue weighted by Crippen LogP contribution is 2.42. The molecule has 0 saturated heterocycles. The number of amides is 3. The van der Waals surface area contributed by atoms with E-state index in [1.807, 2.05) is 13.8 Å². The number of aliphatic carboxylic acids is 1. The molecular weight excluding hydrogens is 264 g/mol. The first-order valence-corrected chi connectivity index (χ1v) is 6.62. The van der Waals surface area contributed by atoms with Gasteiger partial charge >= 0.3 is 12.0 Å². The number of urea groups is 1. The number of hydrogen-bond donors (Lipinski definition) is 3. The molecule has 1 aliphatic rings. The Bertz CT molecular complexity index is 394. The van der Waals surface area contributed by atoms with Crippen LogP contribution in [-0.2, 0) is 14.3 Å². The normalized spacial score (nSPS) is 23.6. The molecule has 2 unspecified atom stereocenters. The maximum absolute atomic E-state index is 11.6. The van der Waals surface area contributed by atoms with Gasteiger partial charge < -0.3 is 15.2 Å². The zero-order valence-corrected chi connectivity index (χ0v) is 12.1. The van der Waals surface area contributed by atoms with Crippen LogP contribution in [0.5, 0.6) is 0 Å². The van der Waals surface area contributed by atoms with Crippen LogP contribution >= 0.6 is 0 Å². The van der Waals surface area contributed by atoms with Crippen molar-refractivity contribution in [3.05, 3.63) is 0 Å². The molecule has 0 spiro atoms. The zero-order chi connectivity index (χ0) is 15.3. The van der Waals surface area contributed by atoms with Gasteiger partial charge in [-0.1, -0.05) is 13.8 Å².